The Bertz CT molecular complexity index is 1000. The van der Waals surface area contributed by atoms with Gasteiger partial charge in [0.05, 0.1) is 29.6 Å². The van der Waals surface area contributed by atoms with E-state index < -0.39 is 11.6 Å². The van der Waals surface area contributed by atoms with Crippen LogP contribution in [0.1, 0.15) is 50.1 Å². The third-order valence-corrected chi connectivity index (χ3v) is 6.59. The van der Waals surface area contributed by atoms with Crippen LogP contribution in [0.5, 0.6) is 0 Å². The maximum absolute atomic E-state index is 14.3. The molecule has 32 heavy (non-hydrogen) atoms. The highest BCUT2D eigenvalue weighted by atomic mass is 19.1. The number of fused-ring (bicyclic) bond motifs is 1. The van der Waals surface area contributed by atoms with Crippen LogP contribution in [0.4, 0.5) is 26.1 Å². The topological polar surface area (TPSA) is 91.7 Å². The number of halogens is 2. The van der Waals surface area contributed by atoms with Crippen LogP contribution >= 0.6 is 0 Å². The average Bonchev–Trinajstić information content (AvgIpc) is 3.14. The number of nitrogens with zero attached hydrogens (tertiary/aromatic N) is 3. The lowest BCUT2D eigenvalue weighted by Gasteiger charge is -2.31. The first kappa shape index (κ1) is 21.2. The first-order valence-corrected chi connectivity index (χ1v) is 11.3. The summed E-state index contributed by atoms with van der Waals surface area (Å²) in [5.41, 5.74) is 1.64. The van der Waals surface area contributed by atoms with Crippen molar-refractivity contribution in [2.45, 2.75) is 56.6 Å². The van der Waals surface area contributed by atoms with Gasteiger partial charge in [-0.2, -0.15) is 0 Å². The standard InChI is InChI=1S/C23H27F2N5O2/c24-14-3-6-18(17(25)11-14)28-22-20(13-1-4-16(31)5-2-13)21-19(29-22)12-26-23(30-21)27-15-7-9-32-10-8-15/h3,6,11-13,15-16,20,31H,1-2,4-5,7-10H2,(H,28,29)(H,26,27,30)/t13-,16+,20?. The van der Waals surface area contributed by atoms with Gasteiger partial charge in [-0.3, -0.25) is 0 Å². The summed E-state index contributed by atoms with van der Waals surface area (Å²) in [4.78, 5) is 13.9. The average molecular weight is 443 g/mol. The Morgan fingerprint density at radius 1 is 1.03 bits per heavy atom. The van der Waals surface area contributed by atoms with E-state index in [9.17, 15) is 13.9 Å². The van der Waals surface area contributed by atoms with Gasteiger partial charge in [-0.25, -0.2) is 23.7 Å². The number of aliphatic imine (C=N–C) groups is 1. The number of rotatable bonds is 4. The number of ether oxygens (including phenoxy) is 1. The molecule has 1 aliphatic carbocycles. The number of hydrogen-bond donors (Lipinski definition) is 3. The molecule has 2 aliphatic heterocycles. The minimum atomic E-state index is -0.672. The quantitative estimate of drug-likeness (QED) is 0.658. The van der Waals surface area contributed by atoms with E-state index in [0.717, 1.165) is 50.7 Å². The molecule has 1 unspecified atom stereocenters. The third-order valence-electron chi connectivity index (χ3n) is 6.59. The van der Waals surface area contributed by atoms with Crippen LogP contribution in [0.15, 0.2) is 29.4 Å². The van der Waals surface area contributed by atoms with Crippen molar-refractivity contribution in [1.29, 1.82) is 0 Å². The fraction of sp³-hybridized carbons (Fsp3) is 0.522. The van der Waals surface area contributed by atoms with Crippen LogP contribution < -0.4 is 10.6 Å². The van der Waals surface area contributed by atoms with E-state index in [1.807, 2.05) is 0 Å². The van der Waals surface area contributed by atoms with Crippen molar-refractivity contribution < 1.29 is 18.6 Å². The summed E-state index contributed by atoms with van der Waals surface area (Å²) in [7, 11) is 0. The first-order valence-electron chi connectivity index (χ1n) is 11.3. The van der Waals surface area contributed by atoms with Gasteiger partial charge in [-0.15, -0.1) is 0 Å². The van der Waals surface area contributed by atoms with Crippen LogP contribution in [0.2, 0.25) is 0 Å². The van der Waals surface area contributed by atoms with Crippen molar-refractivity contribution in [3.05, 3.63) is 41.7 Å². The van der Waals surface area contributed by atoms with Crippen LogP contribution in [0.3, 0.4) is 0 Å². The number of amidine groups is 1. The van der Waals surface area contributed by atoms with Crippen molar-refractivity contribution in [3.8, 4) is 0 Å². The molecule has 9 heteroatoms. The van der Waals surface area contributed by atoms with E-state index in [1.54, 1.807) is 6.20 Å². The second kappa shape index (κ2) is 9.07. The SMILES string of the molecule is O[C@H]1CC[C@@H](C2C(Nc3ccc(F)cc3F)=Nc3cnc(NC4CCOCC4)nc32)CC1. The number of aliphatic hydroxyl groups is 1. The fourth-order valence-corrected chi connectivity index (χ4v) is 4.84. The Balaban J connectivity index is 1.43. The summed E-state index contributed by atoms with van der Waals surface area (Å²) in [5, 5.41) is 16.5. The molecule has 1 saturated carbocycles. The van der Waals surface area contributed by atoms with Crippen molar-refractivity contribution in [1.82, 2.24) is 9.97 Å². The van der Waals surface area contributed by atoms with Gasteiger partial charge in [0, 0.05) is 25.3 Å². The van der Waals surface area contributed by atoms with E-state index in [-0.39, 0.29) is 29.7 Å². The van der Waals surface area contributed by atoms with Crippen LogP contribution in [0.25, 0.3) is 0 Å². The van der Waals surface area contributed by atoms with Gasteiger partial charge in [0.15, 0.2) is 0 Å². The molecule has 3 aliphatic rings. The lowest BCUT2D eigenvalue weighted by molar-refractivity contribution is 0.0903. The van der Waals surface area contributed by atoms with E-state index in [1.165, 1.54) is 12.1 Å². The van der Waals surface area contributed by atoms with E-state index in [4.69, 9.17) is 9.72 Å². The monoisotopic (exact) mass is 443 g/mol. The van der Waals surface area contributed by atoms with Crippen molar-refractivity contribution >= 4 is 23.2 Å². The normalized spacial score (nSPS) is 25.8. The van der Waals surface area contributed by atoms with E-state index >= 15 is 0 Å². The molecule has 2 aromatic rings. The lowest BCUT2D eigenvalue weighted by atomic mass is 9.77. The highest BCUT2D eigenvalue weighted by Gasteiger charge is 2.38. The number of benzene rings is 1. The van der Waals surface area contributed by atoms with Crippen molar-refractivity contribution in [3.63, 3.8) is 0 Å². The molecule has 7 nitrogen and oxygen atoms in total. The molecule has 1 atom stereocenters. The number of hydrogen-bond acceptors (Lipinski definition) is 7. The highest BCUT2D eigenvalue weighted by molar-refractivity contribution is 6.05. The molecule has 0 bridgehead atoms. The Morgan fingerprint density at radius 2 is 1.81 bits per heavy atom. The fourth-order valence-electron chi connectivity index (χ4n) is 4.84. The molecule has 3 heterocycles. The molecule has 170 valence electrons. The predicted molar refractivity (Wildman–Crippen MR) is 117 cm³/mol. The van der Waals surface area contributed by atoms with Gasteiger partial charge in [-0.05, 0) is 56.6 Å². The summed E-state index contributed by atoms with van der Waals surface area (Å²) in [6.45, 7) is 1.44. The van der Waals surface area contributed by atoms with Crippen molar-refractivity contribution in [2.24, 2.45) is 10.9 Å². The van der Waals surface area contributed by atoms with E-state index in [0.29, 0.717) is 30.3 Å². The summed E-state index contributed by atoms with van der Waals surface area (Å²) in [6.07, 6.45) is 6.29. The van der Waals surface area contributed by atoms with Gasteiger partial charge < -0.3 is 20.5 Å². The maximum atomic E-state index is 14.3. The molecule has 0 spiro atoms. The second-order valence-electron chi connectivity index (χ2n) is 8.79. The molecule has 1 aromatic heterocycles. The Kier molecular flexibility index (Phi) is 6.01. The molecular weight excluding hydrogens is 416 g/mol. The molecule has 0 radical (unpaired) electrons. The minimum absolute atomic E-state index is 0.166. The highest BCUT2D eigenvalue weighted by Crippen LogP contribution is 2.44. The maximum Gasteiger partial charge on any atom is 0.223 e. The van der Waals surface area contributed by atoms with Gasteiger partial charge in [-0.1, -0.05) is 0 Å². The van der Waals surface area contributed by atoms with Crippen LogP contribution in [0, 0.1) is 17.6 Å². The first-order chi connectivity index (χ1) is 15.6. The number of aromatic nitrogens is 2. The largest absolute Gasteiger partial charge is 0.393 e. The minimum Gasteiger partial charge on any atom is -0.393 e. The second-order valence-corrected chi connectivity index (χ2v) is 8.79. The summed E-state index contributed by atoms with van der Waals surface area (Å²) >= 11 is 0. The lowest BCUT2D eigenvalue weighted by Crippen LogP contribution is -2.31. The zero-order valence-corrected chi connectivity index (χ0v) is 17.7. The Hall–Kier alpha value is -2.65. The van der Waals surface area contributed by atoms with Gasteiger partial charge >= 0.3 is 0 Å². The molecule has 1 saturated heterocycles. The van der Waals surface area contributed by atoms with Gasteiger partial charge in [0.25, 0.3) is 0 Å². The van der Waals surface area contributed by atoms with Crippen LogP contribution in [-0.4, -0.2) is 46.3 Å². The predicted octanol–water partition coefficient (Wildman–Crippen LogP) is 4.14. The zero-order chi connectivity index (χ0) is 22.1. The summed E-state index contributed by atoms with van der Waals surface area (Å²) < 4.78 is 33.1. The number of anilines is 2. The van der Waals surface area contributed by atoms with Crippen molar-refractivity contribution in [2.75, 3.05) is 23.8 Å². The Labute approximate surface area is 185 Å². The van der Waals surface area contributed by atoms with Gasteiger partial charge in [0.1, 0.15) is 23.2 Å². The van der Waals surface area contributed by atoms with Crippen LogP contribution in [-0.2, 0) is 4.74 Å². The molecular formula is C23H27F2N5O2. The summed E-state index contributed by atoms with van der Waals surface area (Å²) in [6, 6.07) is 3.71. The zero-order valence-electron chi connectivity index (χ0n) is 17.7. The Morgan fingerprint density at radius 3 is 2.56 bits per heavy atom. The molecule has 5 rings (SSSR count). The molecule has 2 fully saturated rings. The molecule has 0 amide bonds. The van der Waals surface area contributed by atoms with Gasteiger partial charge in [0.2, 0.25) is 5.95 Å². The molecule has 1 aromatic carbocycles. The molecule has 3 N–H and O–H groups in total. The summed E-state index contributed by atoms with van der Waals surface area (Å²) in [5.74, 6) is -0.114. The van der Waals surface area contributed by atoms with E-state index in [2.05, 4.69) is 20.6 Å². The number of nitrogens with one attached hydrogen (secondary N) is 2. The smallest absolute Gasteiger partial charge is 0.223 e. The number of aliphatic hydroxyl groups excluding tert-OH is 1. The third kappa shape index (κ3) is 4.45.